The highest BCUT2D eigenvalue weighted by Gasteiger charge is 2.34. The van der Waals surface area contributed by atoms with E-state index in [0.717, 1.165) is 9.89 Å². The minimum absolute atomic E-state index is 0. The summed E-state index contributed by atoms with van der Waals surface area (Å²) in [5.41, 5.74) is -1.42. The molecule has 1 aromatic heterocycles. The number of esters is 1. The van der Waals surface area contributed by atoms with E-state index in [4.69, 9.17) is 15.3 Å². The lowest BCUT2D eigenvalue weighted by Gasteiger charge is -2.23. The van der Waals surface area contributed by atoms with E-state index in [-0.39, 0.29) is 18.4 Å². The topological polar surface area (TPSA) is 81.9 Å². The number of rotatable bonds is 4. The van der Waals surface area contributed by atoms with Gasteiger partial charge in [0.25, 0.3) is 0 Å². The molecule has 0 saturated heterocycles. The highest BCUT2D eigenvalue weighted by molar-refractivity contribution is 7.16. The van der Waals surface area contributed by atoms with Gasteiger partial charge in [0, 0.05) is 4.88 Å². The first-order valence-electron chi connectivity index (χ1n) is 7.04. The van der Waals surface area contributed by atoms with Crippen molar-refractivity contribution in [3.05, 3.63) is 17.0 Å². The van der Waals surface area contributed by atoms with Crippen molar-refractivity contribution in [1.82, 2.24) is 0 Å². The van der Waals surface area contributed by atoms with Crippen LogP contribution >= 0.6 is 23.7 Å². The number of hydrazine groups is 1. The van der Waals surface area contributed by atoms with E-state index in [2.05, 4.69) is 0 Å². The Bertz CT molecular complexity index is 552. The molecule has 1 heterocycles. The van der Waals surface area contributed by atoms with Gasteiger partial charge in [-0.1, -0.05) is 0 Å². The van der Waals surface area contributed by atoms with E-state index >= 15 is 0 Å². The number of carbonyl (C=O) groups excluding carboxylic acids is 2. The summed E-state index contributed by atoms with van der Waals surface area (Å²) in [4.78, 5) is 24.7. The van der Waals surface area contributed by atoms with E-state index in [0.29, 0.717) is 11.6 Å². The number of ether oxygens (including phenoxy) is 2. The molecule has 0 unspecified atom stereocenters. The Balaban J connectivity index is 0.00000484. The average molecular weight is 365 g/mol. The van der Waals surface area contributed by atoms with Crippen molar-refractivity contribution in [2.75, 3.05) is 11.6 Å². The number of thiophene rings is 1. The van der Waals surface area contributed by atoms with E-state index < -0.39 is 17.1 Å². The minimum Gasteiger partial charge on any atom is -0.465 e. The van der Waals surface area contributed by atoms with Crippen LogP contribution in [0.25, 0.3) is 0 Å². The Kier molecular flexibility index (Phi) is 7.53. The molecule has 1 amide bonds. The molecule has 0 spiro atoms. The molecule has 2 N–H and O–H groups in total. The molecule has 23 heavy (non-hydrogen) atoms. The molecular weight excluding hydrogens is 340 g/mol. The van der Waals surface area contributed by atoms with Crippen LogP contribution in [0, 0.1) is 0 Å². The maximum absolute atomic E-state index is 12.0. The molecule has 8 heteroatoms. The van der Waals surface area contributed by atoms with Gasteiger partial charge in [0.15, 0.2) is 0 Å². The molecule has 132 valence electrons. The molecule has 0 aliphatic rings. The van der Waals surface area contributed by atoms with Crippen molar-refractivity contribution < 1.29 is 19.1 Å². The van der Waals surface area contributed by atoms with Crippen LogP contribution in [0.3, 0.4) is 0 Å². The van der Waals surface area contributed by atoms with Gasteiger partial charge in [-0.15, -0.1) is 23.7 Å². The lowest BCUT2D eigenvalue weighted by Crippen LogP contribution is -2.41. The second-order valence-corrected chi connectivity index (χ2v) is 7.40. The summed E-state index contributed by atoms with van der Waals surface area (Å²) in [6, 6.07) is 3.45. The molecule has 1 rings (SSSR count). The van der Waals surface area contributed by atoms with Crippen molar-refractivity contribution in [3.63, 3.8) is 0 Å². The molecule has 0 radical (unpaired) electrons. The van der Waals surface area contributed by atoms with E-state index in [9.17, 15) is 9.59 Å². The number of carbonyl (C=O) groups is 2. The fourth-order valence-electron chi connectivity index (χ4n) is 1.61. The van der Waals surface area contributed by atoms with Crippen LogP contribution in [0.2, 0.25) is 0 Å². The number of nitrogens with two attached hydrogens (primary N) is 1. The summed E-state index contributed by atoms with van der Waals surface area (Å²) in [5.74, 6) is 5.47. The molecule has 0 atom stereocenters. The van der Waals surface area contributed by atoms with E-state index in [1.807, 2.05) is 0 Å². The van der Waals surface area contributed by atoms with Crippen LogP contribution in [-0.2, 0) is 19.7 Å². The fourth-order valence-corrected chi connectivity index (χ4v) is 2.62. The Labute approximate surface area is 147 Å². The second-order valence-electron chi connectivity index (χ2n) is 6.33. The third-order valence-electron chi connectivity index (χ3n) is 2.82. The third kappa shape index (κ3) is 5.67. The first-order valence-corrected chi connectivity index (χ1v) is 7.86. The number of amides is 1. The van der Waals surface area contributed by atoms with Gasteiger partial charge in [0.05, 0.1) is 12.0 Å². The van der Waals surface area contributed by atoms with Crippen molar-refractivity contribution in [1.29, 1.82) is 0 Å². The molecule has 0 fully saturated rings. The maximum Gasteiger partial charge on any atom is 0.430 e. The number of anilines is 1. The zero-order valence-corrected chi connectivity index (χ0v) is 16.0. The fraction of sp³-hybridized carbons (Fsp3) is 0.600. The Morgan fingerprint density at radius 3 is 2.26 bits per heavy atom. The quantitative estimate of drug-likeness (QED) is 0.382. The highest BCUT2D eigenvalue weighted by atomic mass is 35.5. The van der Waals surface area contributed by atoms with Gasteiger partial charge in [-0.25, -0.2) is 15.6 Å². The summed E-state index contributed by atoms with van der Waals surface area (Å²) >= 11 is 1.26. The van der Waals surface area contributed by atoms with Crippen LogP contribution in [0.15, 0.2) is 12.1 Å². The summed E-state index contributed by atoms with van der Waals surface area (Å²) in [6.07, 6.45) is -0.644. The minimum atomic E-state index is -0.798. The normalized spacial score (nSPS) is 11.4. The molecule has 0 bridgehead atoms. The monoisotopic (exact) mass is 364 g/mol. The molecule has 0 aromatic carbocycles. The molecule has 0 saturated carbocycles. The van der Waals surface area contributed by atoms with Crippen molar-refractivity contribution in [2.45, 2.75) is 52.6 Å². The standard InChI is InChI=1S/C15H24N2O4S.ClH/c1-7-20-12(18)15(5,6)10-8-9-11(22-10)17(16)13(19)21-14(2,3)4;/h8-9H,7,16H2,1-6H3;1H. The first kappa shape index (κ1) is 21.7. The average Bonchev–Trinajstić information content (AvgIpc) is 2.86. The van der Waals surface area contributed by atoms with Gasteiger partial charge in [0.1, 0.15) is 10.6 Å². The van der Waals surface area contributed by atoms with E-state index in [1.165, 1.54) is 11.3 Å². The summed E-state index contributed by atoms with van der Waals surface area (Å²) < 4.78 is 10.3. The largest absolute Gasteiger partial charge is 0.465 e. The lowest BCUT2D eigenvalue weighted by atomic mass is 9.92. The zero-order valence-electron chi connectivity index (χ0n) is 14.3. The lowest BCUT2D eigenvalue weighted by molar-refractivity contribution is -0.148. The zero-order chi connectivity index (χ0) is 17.1. The van der Waals surface area contributed by atoms with Gasteiger partial charge in [-0.3, -0.25) is 4.79 Å². The Morgan fingerprint density at radius 1 is 1.22 bits per heavy atom. The summed E-state index contributed by atoms with van der Waals surface area (Å²) in [5, 5.41) is 1.45. The van der Waals surface area contributed by atoms with Crippen molar-refractivity contribution in [2.24, 2.45) is 5.84 Å². The molecule has 0 aliphatic heterocycles. The van der Waals surface area contributed by atoms with Crippen LogP contribution in [-0.4, -0.2) is 24.3 Å². The van der Waals surface area contributed by atoms with E-state index in [1.54, 1.807) is 53.7 Å². The highest BCUT2D eigenvalue weighted by Crippen LogP contribution is 2.35. The summed E-state index contributed by atoms with van der Waals surface area (Å²) in [6.45, 7) is 10.9. The van der Waals surface area contributed by atoms with Crippen LogP contribution in [0.1, 0.15) is 46.4 Å². The molecule has 6 nitrogen and oxygen atoms in total. The Hall–Kier alpha value is -1.31. The number of nitrogens with zero attached hydrogens (tertiary/aromatic N) is 1. The predicted molar refractivity (Wildman–Crippen MR) is 94.1 cm³/mol. The van der Waals surface area contributed by atoms with Crippen LogP contribution in [0.4, 0.5) is 9.80 Å². The van der Waals surface area contributed by atoms with Crippen molar-refractivity contribution >= 4 is 40.8 Å². The first-order chi connectivity index (χ1) is 9.99. The molecular formula is C15H25ClN2O4S. The third-order valence-corrected chi connectivity index (χ3v) is 4.23. The van der Waals surface area contributed by atoms with Gasteiger partial charge in [-0.2, -0.15) is 0 Å². The predicted octanol–water partition coefficient (Wildman–Crippen LogP) is 3.63. The Morgan fingerprint density at radius 2 is 1.78 bits per heavy atom. The molecule has 0 aliphatic carbocycles. The SMILES string of the molecule is CCOC(=O)C(C)(C)c1ccc(N(N)C(=O)OC(C)(C)C)s1.Cl. The summed E-state index contributed by atoms with van der Waals surface area (Å²) in [7, 11) is 0. The smallest absolute Gasteiger partial charge is 0.430 e. The second kappa shape index (κ2) is 7.99. The van der Waals surface area contributed by atoms with Crippen molar-refractivity contribution in [3.8, 4) is 0 Å². The van der Waals surface area contributed by atoms with Crippen LogP contribution < -0.4 is 10.9 Å². The maximum atomic E-state index is 12.0. The molecule has 1 aromatic rings. The van der Waals surface area contributed by atoms with Gasteiger partial charge < -0.3 is 9.47 Å². The van der Waals surface area contributed by atoms with Gasteiger partial charge >= 0.3 is 12.1 Å². The van der Waals surface area contributed by atoms with Gasteiger partial charge in [-0.05, 0) is 53.7 Å². The van der Waals surface area contributed by atoms with Gasteiger partial charge in [0.2, 0.25) is 0 Å². The number of hydrogen-bond donors (Lipinski definition) is 1. The number of hydrogen-bond acceptors (Lipinski definition) is 6. The van der Waals surface area contributed by atoms with Crippen LogP contribution in [0.5, 0.6) is 0 Å². The number of halogens is 1.